The minimum Gasteiger partial charge on any atom is -0.481 e. The summed E-state index contributed by atoms with van der Waals surface area (Å²) >= 11 is 0. The van der Waals surface area contributed by atoms with Crippen molar-refractivity contribution in [3.05, 3.63) is 6.07 Å². The van der Waals surface area contributed by atoms with Crippen molar-refractivity contribution in [1.82, 2.24) is 9.97 Å². The monoisotopic (exact) mass is 184 g/mol. The summed E-state index contributed by atoms with van der Waals surface area (Å²) in [4.78, 5) is 7.37. The van der Waals surface area contributed by atoms with Gasteiger partial charge in [0.1, 0.15) is 0 Å². The predicted molar refractivity (Wildman–Crippen MR) is 45.0 cm³/mol. The first-order valence-corrected chi connectivity index (χ1v) is 3.50. The molecule has 0 aromatic carbocycles. The second-order valence-electron chi connectivity index (χ2n) is 2.18. The van der Waals surface area contributed by atoms with Gasteiger partial charge in [-0.15, -0.1) is 0 Å². The summed E-state index contributed by atoms with van der Waals surface area (Å²) in [5.41, 5.74) is -0.156. The molecule has 0 saturated carbocycles. The van der Waals surface area contributed by atoms with Crippen LogP contribution in [-0.2, 0) is 0 Å². The molecule has 13 heavy (non-hydrogen) atoms. The second-order valence-corrected chi connectivity index (χ2v) is 2.18. The number of rotatable bonds is 3. The molecule has 7 heteroatoms. The van der Waals surface area contributed by atoms with Gasteiger partial charge in [0, 0.05) is 0 Å². The van der Waals surface area contributed by atoms with Crippen LogP contribution in [0.3, 0.4) is 0 Å². The maximum atomic E-state index is 8.78. The number of methoxy groups -OCH3 is 2. The van der Waals surface area contributed by atoms with Crippen LogP contribution in [0.2, 0.25) is 0 Å². The molecule has 1 heterocycles. The molecule has 0 spiro atoms. The van der Waals surface area contributed by atoms with Gasteiger partial charge in [-0.3, -0.25) is 0 Å². The quantitative estimate of drug-likeness (QED) is 0.537. The molecule has 0 fully saturated rings. The van der Waals surface area contributed by atoms with Gasteiger partial charge in [0.25, 0.3) is 0 Å². The first-order valence-electron chi connectivity index (χ1n) is 3.50. The Balaban J connectivity index is 3.07. The number of hydrogen-bond acceptors (Lipinski definition) is 6. The van der Waals surface area contributed by atoms with Crippen LogP contribution in [0.5, 0.6) is 11.8 Å². The Hall–Kier alpha value is -1.34. The molecule has 0 bridgehead atoms. The number of aromatic nitrogens is 2. The highest BCUT2D eigenvalue weighted by Gasteiger charge is 2.17. The van der Waals surface area contributed by atoms with E-state index in [-0.39, 0.29) is 17.5 Å². The van der Waals surface area contributed by atoms with E-state index in [9.17, 15) is 0 Å². The molecule has 0 aliphatic carbocycles. The van der Waals surface area contributed by atoms with E-state index in [4.69, 9.17) is 19.5 Å². The standard InChI is InChI=1S/C6H9BN2O4/c1-12-4-3-5(13-2)9-6(8-4)7(10)11/h3,10-11H,1-2H3. The highest BCUT2D eigenvalue weighted by Crippen LogP contribution is 2.10. The average molecular weight is 184 g/mol. The lowest BCUT2D eigenvalue weighted by Gasteiger charge is -2.04. The van der Waals surface area contributed by atoms with E-state index in [0.29, 0.717) is 0 Å². The van der Waals surface area contributed by atoms with Gasteiger partial charge < -0.3 is 19.5 Å². The molecule has 1 rings (SSSR count). The highest BCUT2D eigenvalue weighted by molar-refractivity contribution is 6.56. The molecule has 6 nitrogen and oxygen atoms in total. The maximum absolute atomic E-state index is 8.78. The molecule has 2 N–H and O–H groups in total. The van der Waals surface area contributed by atoms with E-state index in [1.165, 1.54) is 20.3 Å². The molecule has 0 amide bonds. The summed E-state index contributed by atoms with van der Waals surface area (Å²) in [5.74, 6) is 0.435. The van der Waals surface area contributed by atoms with Crippen LogP contribution < -0.4 is 15.2 Å². The topological polar surface area (TPSA) is 84.7 Å². The van der Waals surface area contributed by atoms with Crippen LogP contribution in [0.1, 0.15) is 0 Å². The van der Waals surface area contributed by atoms with Crippen molar-refractivity contribution in [1.29, 1.82) is 0 Å². The van der Waals surface area contributed by atoms with E-state index in [1.54, 1.807) is 0 Å². The zero-order valence-corrected chi connectivity index (χ0v) is 7.26. The molecular weight excluding hydrogens is 175 g/mol. The van der Waals surface area contributed by atoms with E-state index in [2.05, 4.69) is 9.97 Å². The number of ether oxygens (including phenoxy) is 2. The summed E-state index contributed by atoms with van der Waals surface area (Å²) in [6, 6.07) is 1.44. The number of nitrogens with zero attached hydrogens (tertiary/aromatic N) is 2. The molecular formula is C6H9BN2O4. The Morgan fingerprint density at radius 3 is 1.92 bits per heavy atom. The van der Waals surface area contributed by atoms with Crippen molar-refractivity contribution >= 4 is 12.8 Å². The van der Waals surface area contributed by atoms with Gasteiger partial charge >= 0.3 is 7.12 Å². The van der Waals surface area contributed by atoms with E-state index < -0.39 is 7.12 Å². The van der Waals surface area contributed by atoms with Crippen LogP contribution in [0.25, 0.3) is 0 Å². The fourth-order valence-corrected chi connectivity index (χ4v) is 0.746. The van der Waals surface area contributed by atoms with Gasteiger partial charge in [0.15, 0.2) is 5.72 Å². The fourth-order valence-electron chi connectivity index (χ4n) is 0.746. The molecule has 1 aromatic rings. The van der Waals surface area contributed by atoms with E-state index in [1.807, 2.05) is 0 Å². The van der Waals surface area contributed by atoms with Crippen molar-refractivity contribution < 1.29 is 19.5 Å². The molecule has 0 saturated heterocycles. The van der Waals surface area contributed by atoms with Crippen LogP contribution in [0.4, 0.5) is 0 Å². The first kappa shape index (κ1) is 9.75. The van der Waals surface area contributed by atoms with Gasteiger partial charge in [-0.05, 0) is 0 Å². The lowest BCUT2D eigenvalue weighted by atomic mass is 9.91. The minimum atomic E-state index is -1.73. The summed E-state index contributed by atoms with van der Waals surface area (Å²) in [7, 11) is 1.09. The zero-order valence-electron chi connectivity index (χ0n) is 7.26. The molecule has 0 aliphatic heterocycles. The SMILES string of the molecule is COc1cc(OC)nc(B(O)O)n1. The Labute approximate surface area is 75.3 Å². The average Bonchev–Trinajstić information content (AvgIpc) is 2.16. The van der Waals surface area contributed by atoms with Crippen molar-refractivity contribution in [2.75, 3.05) is 14.2 Å². The summed E-state index contributed by atoms with van der Waals surface area (Å²) in [6.07, 6.45) is 0. The Kier molecular flexibility index (Phi) is 3.05. The van der Waals surface area contributed by atoms with Gasteiger partial charge in [-0.2, -0.15) is 0 Å². The molecule has 70 valence electrons. The van der Waals surface area contributed by atoms with Crippen molar-refractivity contribution in [2.24, 2.45) is 0 Å². The Bertz CT molecular complexity index is 272. The van der Waals surface area contributed by atoms with Crippen molar-refractivity contribution in [3.63, 3.8) is 0 Å². The molecule has 0 atom stereocenters. The van der Waals surface area contributed by atoms with Crippen LogP contribution in [-0.4, -0.2) is 41.4 Å². The van der Waals surface area contributed by atoms with Gasteiger partial charge in [-0.25, -0.2) is 9.97 Å². The Morgan fingerprint density at radius 1 is 1.15 bits per heavy atom. The van der Waals surface area contributed by atoms with Gasteiger partial charge in [0.2, 0.25) is 11.8 Å². The predicted octanol–water partition coefficient (Wildman–Crippen LogP) is -1.83. The highest BCUT2D eigenvalue weighted by atomic mass is 16.5. The lowest BCUT2D eigenvalue weighted by molar-refractivity contribution is 0.369. The molecule has 0 aliphatic rings. The van der Waals surface area contributed by atoms with E-state index in [0.717, 1.165) is 0 Å². The largest absolute Gasteiger partial charge is 0.528 e. The second kappa shape index (κ2) is 4.06. The molecule has 0 radical (unpaired) electrons. The van der Waals surface area contributed by atoms with Crippen LogP contribution >= 0.6 is 0 Å². The van der Waals surface area contributed by atoms with E-state index >= 15 is 0 Å². The van der Waals surface area contributed by atoms with Crippen molar-refractivity contribution in [2.45, 2.75) is 0 Å². The minimum absolute atomic E-state index is 0.156. The summed E-state index contributed by atoms with van der Waals surface area (Å²) in [6.45, 7) is 0. The van der Waals surface area contributed by atoms with Crippen LogP contribution in [0, 0.1) is 0 Å². The first-order chi connectivity index (χ1) is 6.17. The van der Waals surface area contributed by atoms with Gasteiger partial charge in [0.05, 0.1) is 20.3 Å². The third-order valence-corrected chi connectivity index (χ3v) is 1.35. The molecule has 0 unspecified atom stereocenters. The third-order valence-electron chi connectivity index (χ3n) is 1.35. The summed E-state index contributed by atoms with van der Waals surface area (Å²) < 4.78 is 9.59. The number of hydrogen-bond donors (Lipinski definition) is 2. The molecule has 1 aromatic heterocycles. The van der Waals surface area contributed by atoms with Crippen molar-refractivity contribution in [3.8, 4) is 11.8 Å². The fraction of sp³-hybridized carbons (Fsp3) is 0.333. The lowest BCUT2D eigenvalue weighted by Crippen LogP contribution is -2.35. The Morgan fingerprint density at radius 2 is 1.62 bits per heavy atom. The van der Waals surface area contributed by atoms with Gasteiger partial charge in [-0.1, -0.05) is 0 Å². The normalized spacial score (nSPS) is 9.54. The maximum Gasteiger partial charge on any atom is 0.528 e. The van der Waals surface area contributed by atoms with Crippen LogP contribution in [0.15, 0.2) is 6.07 Å². The zero-order chi connectivity index (χ0) is 9.84. The smallest absolute Gasteiger partial charge is 0.481 e. The summed E-state index contributed by atoms with van der Waals surface area (Å²) in [5, 5.41) is 17.6. The third kappa shape index (κ3) is 2.30.